The lowest BCUT2D eigenvalue weighted by molar-refractivity contribution is -0.124. The van der Waals surface area contributed by atoms with Gasteiger partial charge in [-0.15, -0.1) is 0 Å². The van der Waals surface area contributed by atoms with E-state index in [0.717, 1.165) is 31.2 Å². The maximum absolute atomic E-state index is 13.8. The van der Waals surface area contributed by atoms with Crippen molar-refractivity contribution in [3.8, 4) is 0 Å². The van der Waals surface area contributed by atoms with Gasteiger partial charge in [-0.3, -0.25) is 14.2 Å². The molecule has 11 nitrogen and oxygen atoms in total. The molecule has 2 amide bonds. The van der Waals surface area contributed by atoms with Gasteiger partial charge in [-0.05, 0) is 36.7 Å². The predicted octanol–water partition coefficient (Wildman–Crippen LogP) is 3.73. The fourth-order valence-corrected chi connectivity index (χ4v) is 6.18. The Bertz CT molecular complexity index is 1210. The zero-order chi connectivity index (χ0) is 32.2. The molecule has 4 rings (SSSR count). The van der Waals surface area contributed by atoms with E-state index < -0.39 is 30.3 Å². The number of rotatable bonds is 14. The number of imidazole rings is 1. The Hall–Kier alpha value is -3.28. The monoisotopic (exact) mass is 625 g/mol. The molecule has 1 saturated heterocycles. The highest BCUT2D eigenvalue weighted by molar-refractivity contribution is 5.87. The van der Waals surface area contributed by atoms with E-state index in [4.69, 9.17) is 15.2 Å². The minimum absolute atomic E-state index is 0.0469. The Morgan fingerprint density at radius 2 is 1.78 bits per heavy atom. The van der Waals surface area contributed by atoms with E-state index in [1.807, 2.05) is 30.3 Å². The van der Waals surface area contributed by atoms with Gasteiger partial charge in [0.2, 0.25) is 5.91 Å². The zero-order valence-corrected chi connectivity index (χ0v) is 26.8. The number of hydrogen-bond donors (Lipinski definition) is 3. The highest BCUT2D eigenvalue weighted by Crippen LogP contribution is 2.29. The number of aromatic nitrogens is 2. The molecule has 1 aromatic carbocycles. The molecule has 1 aliphatic carbocycles. The van der Waals surface area contributed by atoms with Gasteiger partial charge in [0.05, 0.1) is 31.4 Å². The number of hydrogen-bond acceptors (Lipinski definition) is 8. The number of ether oxygens (including phenoxy) is 2. The maximum atomic E-state index is 13.8. The van der Waals surface area contributed by atoms with Crippen LogP contribution in [0.4, 0.5) is 4.79 Å². The second kappa shape index (κ2) is 17.4. The first-order chi connectivity index (χ1) is 21.7. The van der Waals surface area contributed by atoms with Crippen molar-refractivity contribution >= 4 is 17.9 Å². The van der Waals surface area contributed by atoms with Crippen LogP contribution < -0.4 is 11.1 Å². The van der Waals surface area contributed by atoms with E-state index in [1.54, 1.807) is 0 Å². The molecular formula is C34H51N5O6. The molecule has 0 bridgehead atoms. The molecule has 0 radical (unpaired) electrons. The number of benzene rings is 1. The third kappa shape index (κ3) is 10.6. The van der Waals surface area contributed by atoms with Crippen LogP contribution in [0.2, 0.25) is 0 Å². The molecule has 11 heteroatoms. The second-order valence-corrected chi connectivity index (χ2v) is 13.0. The Morgan fingerprint density at radius 1 is 1.07 bits per heavy atom. The van der Waals surface area contributed by atoms with Gasteiger partial charge in [-0.2, -0.15) is 0 Å². The largest absolute Gasteiger partial charge is 0.436 e. The van der Waals surface area contributed by atoms with Crippen molar-refractivity contribution < 1.29 is 29.0 Å². The van der Waals surface area contributed by atoms with Gasteiger partial charge in [0.15, 0.2) is 6.10 Å². The quantitative estimate of drug-likeness (QED) is 0.288. The first-order valence-corrected chi connectivity index (χ1v) is 16.6. The van der Waals surface area contributed by atoms with E-state index in [9.17, 15) is 19.5 Å². The number of aliphatic hydroxyl groups excluding tert-OH is 1. The number of aliphatic hydroxyl groups is 1. The van der Waals surface area contributed by atoms with Gasteiger partial charge < -0.3 is 30.5 Å². The molecule has 2 heterocycles. The van der Waals surface area contributed by atoms with E-state index in [0.29, 0.717) is 50.3 Å². The van der Waals surface area contributed by atoms with Crippen LogP contribution in [-0.4, -0.2) is 88.1 Å². The summed E-state index contributed by atoms with van der Waals surface area (Å²) in [7, 11) is 0. The number of nitrogens with one attached hydrogen (secondary N) is 1. The van der Waals surface area contributed by atoms with Gasteiger partial charge in [-0.1, -0.05) is 76.3 Å². The number of nitrogens with zero attached hydrogens (tertiary/aromatic N) is 3. The average molecular weight is 626 g/mol. The normalized spacial score (nSPS) is 18.6. The zero-order valence-electron chi connectivity index (χ0n) is 26.8. The smallest absolute Gasteiger partial charge is 0.410 e. The van der Waals surface area contributed by atoms with Gasteiger partial charge in [-0.25, -0.2) is 9.78 Å². The summed E-state index contributed by atoms with van der Waals surface area (Å²) in [6.45, 7) is 5.84. The Morgan fingerprint density at radius 3 is 2.47 bits per heavy atom. The molecule has 1 saturated carbocycles. The fraction of sp³-hybridized carbons (Fsp3) is 0.647. The van der Waals surface area contributed by atoms with Crippen molar-refractivity contribution in [2.45, 2.75) is 102 Å². The van der Waals surface area contributed by atoms with Gasteiger partial charge in [0.1, 0.15) is 6.33 Å². The molecule has 45 heavy (non-hydrogen) atoms. The van der Waals surface area contributed by atoms with Crippen molar-refractivity contribution in [2.24, 2.45) is 17.6 Å². The minimum Gasteiger partial charge on any atom is -0.436 e. The Kier molecular flexibility index (Phi) is 13.4. The summed E-state index contributed by atoms with van der Waals surface area (Å²) in [5, 5.41) is 14.1. The van der Waals surface area contributed by atoms with E-state index >= 15 is 0 Å². The molecule has 2 aromatic rings. The van der Waals surface area contributed by atoms with Gasteiger partial charge in [0.25, 0.3) is 5.91 Å². The number of morpholine rings is 1. The third-order valence-corrected chi connectivity index (χ3v) is 8.91. The molecule has 0 unspecified atom stereocenters. The Balaban J connectivity index is 1.44. The third-order valence-electron chi connectivity index (χ3n) is 8.91. The molecule has 0 spiro atoms. The van der Waals surface area contributed by atoms with Crippen LogP contribution in [0, 0.1) is 11.8 Å². The van der Waals surface area contributed by atoms with Crippen LogP contribution in [0.5, 0.6) is 0 Å². The maximum Gasteiger partial charge on any atom is 0.410 e. The second-order valence-electron chi connectivity index (χ2n) is 13.0. The molecule has 2 fully saturated rings. The van der Waals surface area contributed by atoms with Crippen LogP contribution in [0.3, 0.4) is 0 Å². The van der Waals surface area contributed by atoms with E-state index in [1.165, 1.54) is 41.3 Å². The first-order valence-electron chi connectivity index (χ1n) is 16.6. The van der Waals surface area contributed by atoms with E-state index in [2.05, 4.69) is 24.1 Å². The number of nitrogens with two attached hydrogens (primary N) is 1. The highest BCUT2D eigenvalue weighted by atomic mass is 16.6. The molecule has 2 aliphatic rings. The van der Waals surface area contributed by atoms with E-state index in [-0.39, 0.29) is 24.8 Å². The molecule has 4 atom stereocenters. The van der Waals surface area contributed by atoms with Crippen LogP contribution >= 0.6 is 0 Å². The van der Waals surface area contributed by atoms with Crippen molar-refractivity contribution in [3.05, 3.63) is 54.1 Å². The molecule has 1 aromatic heterocycles. The fourth-order valence-electron chi connectivity index (χ4n) is 6.18. The lowest BCUT2D eigenvalue weighted by atomic mass is 9.83. The molecular weight excluding hydrogens is 574 g/mol. The highest BCUT2D eigenvalue weighted by Gasteiger charge is 2.31. The summed E-state index contributed by atoms with van der Waals surface area (Å²) in [6.07, 6.45) is 8.76. The standard InChI is InChI=1S/C34H51N5O6/c1-24(2)13-14-30(40)29(19-25-9-5-3-6-10-25)37-32(41)28(35)21-27-22-36-23-39(27)33(42)31(20-26-11-7-4-8-12-26)45-34(43)38-15-17-44-18-16-38/h4,7-8,11-12,22-25,28-31,40H,3,5-6,9-10,13-21,35H2,1-2H3,(H,37,41)/t28-,29-,30-,31-/m0/s1. The predicted molar refractivity (Wildman–Crippen MR) is 171 cm³/mol. The minimum atomic E-state index is -1.11. The summed E-state index contributed by atoms with van der Waals surface area (Å²) in [5.41, 5.74) is 7.68. The summed E-state index contributed by atoms with van der Waals surface area (Å²) in [4.78, 5) is 45.9. The lowest BCUT2D eigenvalue weighted by Gasteiger charge is -2.31. The van der Waals surface area contributed by atoms with Crippen molar-refractivity contribution in [2.75, 3.05) is 26.3 Å². The van der Waals surface area contributed by atoms with Crippen molar-refractivity contribution in [1.29, 1.82) is 0 Å². The van der Waals surface area contributed by atoms with Gasteiger partial charge >= 0.3 is 6.09 Å². The summed E-state index contributed by atoms with van der Waals surface area (Å²) in [5.74, 6) is 0.0680. The van der Waals surface area contributed by atoms with Crippen LogP contribution in [0.25, 0.3) is 0 Å². The average Bonchev–Trinajstić information content (AvgIpc) is 3.51. The summed E-state index contributed by atoms with van der Waals surface area (Å²) in [6, 6.07) is 8.00. The van der Waals surface area contributed by atoms with Crippen LogP contribution in [0.1, 0.15) is 81.3 Å². The molecule has 4 N–H and O–H groups in total. The van der Waals surface area contributed by atoms with Crippen LogP contribution in [-0.2, 0) is 27.1 Å². The number of amides is 2. The molecule has 1 aliphatic heterocycles. The van der Waals surface area contributed by atoms with Crippen molar-refractivity contribution in [1.82, 2.24) is 19.8 Å². The molecule has 248 valence electrons. The Labute approximate surface area is 266 Å². The number of carbonyl (C=O) groups is 3. The summed E-state index contributed by atoms with van der Waals surface area (Å²) < 4.78 is 12.4. The van der Waals surface area contributed by atoms with Crippen LogP contribution in [0.15, 0.2) is 42.9 Å². The lowest BCUT2D eigenvalue weighted by Crippen LogP contribution is -2.51. The summed E-state index contributed by atoms with van der Waals surface area (Å²) >= 11 is 0. The SMILES string of the molecule is CC(C)CC[C@H](O)[C@H](CC1CCCCC1)NC(=O)[C@@H](N)Cc1cncn1C(=O)[C@H](Cc1ccccc1)OC(=O)N1CCOCC1. The van der Waals surface area contributed by atoms with Crippen molar-refractivity contribution in [3.63, 3.8) is 0 Å². The first kappa shape index (κ1) is 34.6. The topological polar surface area (TPSA) is 149 Å². The number of carbonyl (C=O) groups excluding carboxylic acids is 3. The van der Waals surface area contributed by atoms with Gasteiger partial charge in [0, 0.05) is 37.8 Å².